The number of rotatable bonds is 4. The third-order valence-corrected chi connectivity index (χ3v) is 3.74. The molecule has 1 atom stereocenters. The van der Waals surface area contributed by atoms with E-state index in [4.69, 9.17) is 45.4 Å². The van der Waals surface area contributed by atoms with Crippen LogP contribution in [0.5, 0.6) is 5.75 Å². The molecule has 0 aliphatic heterocycles. The van der Waals surface area contributed by atoms with Crippen LogP contribution in [0, 0.1) is 0 Å². The van der Waals surface area contributed by atoms with Crippen LogP contribution >= 0.6 is 34.8 Å². The summed E-state index contributed by atoms with van der Waals surface area (Å²) in [6, 6.07) is 10.2. The summed E-state index contributed by atoms with van der Waals surface area (Å²) in [5, 5.41) is 1.67. The van der Waals surface area contributed by atoms with Gasteiger partial charge >= 0.3 is 0 Å². The lowest BCUT2D eigenvalue weighted by Gasteiger charge is -2.21. The molecule has 0 aromatic heterocycles. The van der Waals surface area contributed by atoms with E-state index in [-0.39, 0.29) is 6.04 Å². The van der Waals surface area contributed by atoms with E-state index in [2.05, 4.69) is 5.43 Å². The fourth-order valence-corrected chi connectivity index (χ4v) is 2.71. The van der Waals surface area contributed by atoms with Gasteiger partial charge in [0.1, 0.15) is 5.75 Å². The average Bonchev–Trinajstić information content (AvgIpc) is 2.42. The second-order valence-corrected chi connectivity index (χ2v) is 5.43. The van der Waals surface area contributed by atoms with Gasteiger partial charge < -0.3 is 4.74 Å². The first-order chi connectivity index (χ1) is 9.56. The first-order valence-corrected chi connectivity index (χ1v) is 6.94. The Balaban J connectivity index is 2.54. The average molecular weight is 332 g/mol. The monoisotopic (exact) mass is 330 g/mol. The van der Waals surface area contributed by atoms with Crippen LogP contribution in [0.4, 0.5) is 0 Å². The van der Waals surface area contributed by atoms with Gasteiger partial charge in [-0.05, 0) is 35.9 Å². The van der Waals surface area contributed by atoms with Crippen molar-refractivity contribution in [3.05, 3.63) is 62.6 Å². The third-order valence-electron chi connectivity index (χ3n) is 2.94. The Morgan fingerprint density at radius 2 is 1.65 bits per heavy atom. The molecule has 106 valence electrons. The first kappa shape index (κ1) is 15.4. The fourth-order valence-electron chi connectivity index (χ4n) is 2.01. The number of hydrazine groups is 1. The molecule has 0 amide bonds. The summed E-state index contributed by atoms with van der Waals surface area (Å²) in [5.41, 5.74) is 4.32. The Hall–Kier alpha value is -0.970. The quantitative estimate of drug-likeness (QED) is 0.652. The van der Waals surface area contributed by atoms with Gasteiger partial charge in [0.25, 0.3) is 0 Å². The summed E-state index contributed by atoms with van der Waals surface area (Å²) in [7, 11) is 1.59. The van der Waals surface area contributed by atoms with Crippen molar-refractivity contribution in [2.75, 3.05) is 7.11 Å². The summed E-state index contributed by atoms with van der Waals surface area (Å²) in [6.07, 6.45) is 0. The number of nitrogens with one attached hydrogen (secondary N) is 1. The standard InChI is InChI=1S/C14H13Cl3N2O/c1-20-13-5-3-8(15)6-11(13)14(19-18)10-4-2-9(16)7-12(10)17/h2-7,14,19H,18H2,1H3. The van der Waals surface area contributed by atoms with E-state index < -0.39 is 0 Å². The Morgan fingerprint density at radius 1 is 1.00 bits per heavy atom. The molecule has 1 unspecified atom stereocenters. The highest BCUT2D eigenvalue weighted by Gasteiger charge is 2.20. The molecule has 3 N–H and O–H groups in total. The van der Waals surface area contributed by atoms with Crippen molar-refractivity contribution in [1.29, 1.82) is 0 Å². The zero-order chi connectivity index (χ0) is 14.7. The molecule has 0 saturated carbocycles. The van der Waals surface area contributed by atoms with Crippen LogP contribution in [0.1, 0.15) is 17.2 Å². The van der Waals surface area contributed by atoms with Gasteiger partial charge in [-0.1, -0.05) is 40.9 Å². The maximum atomic E-state index is 6.23. The molecule has 0 aliphatic rings. The highest BCUT2D eigenvalue weighted by Crippen LogP contribution is 2.35. The molecule has 2 rings (SSSR count). The van der Waals surface area contributed by atoms with Gasteiger partial charge in [0.2, 0.25) is 0 Å². The number of hydrogen-bond donors (Lipinski definition) is 2. The zero-order valence-electron chi connectivity index (χ0n) is 10.7. The third kappa shape index (κ3) is 3.19. The number of halogens is 3. The molecular formula is C14H13Cl3N2O. The minimum atomic E-state index is -0.353. The second-order valence-electron chi connectivity index (χ2n) is 4.15. The molecule has 0 saturated heterocycles. The predicted molar refractivity (Wildman–Crippen MR) is 83.6 cm³/mol. The maximum absolute atomic E-state index is 6.23. The highest BCUT2D eigenvalue weighted by molar-refractivity contribution is 6.35. The maximum Gasteiger partial charge on any atom is 0.124 e. The molecule has 2 aromatic rings. The Labute approximate surface area is 132 Å². The molecule has 6 heteroatoms. The van der Waals surface area contributed by atoms with E-state index in [1.54, 1.807) is 37.4 Å². The molecule has 20 heavy (non-hydrogen) atoms. The normalized spacial score (nSPS) is 12.2. The van der Waals surface area contributed by atoms with Gasteiger partial charge in [-0.3, -0.25) is 5.84 Å². The van der Waals surface area contributed by atoms with Crippen molar-refractivity contribution in [3.8, 4) is 5.75 Å². The number of nitrogens with two attached hydrogens (primary N) is 1. The minimum Gasteiger partial charge on any atom is -0.496 e. The van der Waals surface area contributed by atoms with Gasteiger partial charge in [-0.25, -0.2) is 5.43 Å². The lowest BCUT2D eigenvalue weighted by atomic mass is 9.98. The van der Waals surface area contributed by atoms with E-state index in [0.717, 1.165) is 11.1 Å². The first-order valence-electron chi connectivity index (χ1n) is 5.81. The van der Waals surface area contributed by atoms with Crippen molar-refractivity contribution in [3.63, 3.8) is 0 Å². The van der Waals surface area contributed by atoms with Crippen LogP contribution in [0.25, 0.3) is 0 Å². The molecule has 0 fully saturated rings. The number of methoxy groups -OCH3 is 1. The van der Waals surface area contributed by atoms with Crippen LogP contribution in [-0.4, -0.2) is 7.11 Å². The van der Waals surface area contributed by atoms with Crippen molar-refractivity contribution < 1.29 is 4.74 Å². The SMILES string of the molecule is COc1ccc(Cl)cc1C(NN)c1ccc(Cl)cc1Cl. The Kier molecular flexibility index (Phi) is 5.13. The van der Waals surface area contributed by atoms with E-state index in [1.165, 1.54) is 0 Å². The molecule has 0 spiro atoms. The molecule has 0 aliphatic carbocycles. The van der Waals surface area contributed by atoms with E-state index >= 15 is 0 Å². The summed E-state index contributed by atoms with van der Waals surface area (Å²) < 4.78 is 5.34. The predicted octanol–water partition coefficient (Wildman–Crippen LogP) is 4.21. The smallest absolute Gasteiger partial charge is 0.124 e. The molecule has 0 bridgehead atoms. The molecule has 0 heterocycles. The van der Waals surface area contributed by atoms with Gasteiger partial charge in [0.05, 0.1) is 13.2 Å². The number of benzene rings is 2. The summed E-state index contributed by atoms with van der Waals surface area (Å²) >= 11 is 18.2. The second kappa shape index (κ2) is 6.66. The highest BCUT2D eigenvalue weighted by atomic mass is 35.5. The van der Waals surface area contributed by atoms with E-state index in [1.807, 2.05) is 6.07 Å². The molecular weight excluding hydrogens is 319 g/mol. The van der Waals surface area contributed by atoms with Gasteiger partial charge in [0.15, 0.2) is 0 Å². The fraction of sp³-hybridized carbons (Fsp3) is 0.143. The summed E-state index contributed by atoms with van der Waals surface area (Å²) in [4.78, 5) is 0. The van der Waals surface area contributed by atoms with Crippen molar-refractivity contribution in [2.24, 2.45) is 5.84 Å². The largest absolute Gasteiger partial charge is 0.496 e. The van der Waals surface area contributed by atoms with Crippen molar-refractivity contribution >= 4 is 34.8 Å². The topological polar surface area (TPSA) is 47.3 Å². The summed E-state index contributed by atoms with van der Waals surface area (Å²) in [5.74, 6) is 6.35. The van der Waals surface area contributed by atoms with Crippen molar-refractivity contribution in [2.45, 2.75) is 6.04 Å². The summed E-state index contributed by atoms with van der Waals surface area (Å²) in [6.45, 7) is 0. The van der Waals surface area contributed by atoms with Crippen LogP contribution in [0.2, 0.25) is 15.1 Å². The van der Waals surface area contributed by atoms with Crippen molar-refractivity contribution in [1.82, 2.24) is 5.43 Å². The van der Waals surface area contributed by atoms with E-state index in [0.29, 0.717) is 20.8 Å². The molecule has 2 aromatic carbocycles. The minimum absolute atomic E-state index is 0.353. The zero-order valence-corrected chi connectivity index (χ0v) is 12.9. The Morgan fingerprint density at radius 3 is 2.25 bits per heavy atom. The van der Waals surface area contributed by atoms with Crippen LogP contribution in [0.3, 0.4) is 0 Å². The lowest BCUT2D eigenvalue weighted by molar-refractivity contribution is 0.404. The van der Waals surface area contributed by atoms with Crippen LogP contribution in [-0.2, 0) is 0 Å². The van der Waals surface area contributed by atoms with Crippen LogP contribution < -0.4 is 16.0 Å². The van der Waals surface area contributed by atoms with Crippen LogP contribution in [0.15, 0.2) is 36.4 Å². The molecule has 0 radical (unpaired) electrons. The van der Waals surface area contributed by atoms with Gasteiger partial charge in [-0.15, -0.1) is 0 Å². The molecule has 3 nitrogen and oxygen atoms in total. The van der Waals surface area contributed by atoms with E-state index in [9.17, 15) is 0 Å². The van der Waals surface area contributed by atoms with Gasteiger partial charge in [-0.2, -0.15) is 0 Å². The lowest BCUT2D eigenvalue weighted by Crippen LogP contribution is -2.29. The Bertz CT molecular complexity index is 619. The number of ether oxygens (including phenoxy) is 1. The number of hydrogen-bond acceptors (Lipinski definition) is 3. The van der Waals surface area contributed by atoms with Gasteiger partial charge in [0, 0.05) is 20.6 Å².